The van der Waals surface area contributed by atoms with Crippen LogP contribution in [0.2, 0.25) is 5.04 Å². The van der Waals surface area contributed by atoms with Gasteiger partial charge in [-0.05, 0) is 70.2 Å². The molecule has 3 fully saturated rings. The topological polar surface area (TPSA) is 210 Å². The number of aryl methyl sites for hydroxylation is 2. The van der Waals surface area contributed by atoms with Gasteiger partial charge < -0.3 is 28.1 Å². The number of hydrogen-bond acceptors (Lipinski definition) is 14. The molecule has 0 amide bonds. The van der Waals surface area contributed by atoms with Crippen molar-refractivity contribution in [1.82, 2.24) is 19.1 Å². The zero-order valence-electron chi connectivity index (χ0n) is 45.1. The number of aromatic amines is 2. The third-order valence-corrected chi connectivity index (χ3v) is 21.8. The van der Waals surface area contributed by atoms with E-state index < -0.39 is 92.3 Å². The number of nitrogens with one attached hydrogen (secondary N) is 2. The Morgan fingerprint density at radius 1 is 0.633 bits per heavy atom. The molecule has 5 heterocycles. The summed E-state index contributed by atoms with van der Waals surface area (Å²) in [5, 5.41) is 1.54. The third-order valence-electron chi connectivity index (χ3n) is 15.1. The summed E-state index contributed by atoms with van der Waals surface area (Å²) in [6, 6.07) is 44.9. The lowest BCUT2D eigenvalue weighted by molar-refractivity contribution is -0.112. The summed E-state index contributed by atoms with van der Waals surface area (Å²) in [5.41, 5.74) is -0.945. The number of nitrogens with zero attached hydrogens (tertiary/aromatic N) is 2. The van der Waals surface area contributed by atoms with Crippen molar-refractivity contribution >= 4 is 26.5 Å². The number of methoxy groups -OCH3 is 2. The minimum Gasteiger partial charge on any atom is -0.497 e. The Labute approximate surface area is 457 Å². The second-order valence-corrected chi connectivity index (χ2v) is 26.9. The molecule has 0 saturated carbocycles. The van der Waals surface area contributed by atoms with Gasteiger partial charge in [-0.25, -0.2) is 14.2 Å². The molecule has 0 bridgehead atoms. The molecule has 0 radical (unpaired) electrons. The van der Waals surface area contributed by atoms with Gasteiger partial charge in [-0.2, -0.15) is 0 Å². The summed E-state index contributed by atoms with van der Waals surface area (Å²) in [4.78, 5) is 57.2. The Morgan fingerprint density at radius 2 is 1.10 bits per heavy atom. The van der Waals surface area contributed by atoms with Crippen LogP contribution >= 0.6 is 7.82 Å². The highest BCUT2D eigenvalue weighted by Crippen LogP contribution is 2.58. The van der Waals surface area contributed by atoms with Crippen molar-refractivity contribution in [2.24, 2.45) is 0 Å². The van der Waals surface area contributed by atoms with Crippen LogP contribution in [-0.4, -0.2) is 85.4 Å². The number of aromatic nitrogens is 4. The molecule has 3 aliphatic rings. The fourth-order valence-corrected chi connectivity index (χ4v) is 17.5. The quantitative estimate of drug-likeness (QED) is 0.0513. The summed E-state index contributed by atoms with van der Waals surface area (Å²) >= 11 is 0. The molecule has 5 aromatic carbocycles. The van der Waals surface area contributed by atoms with Gasteiger partial charge in [0.15, 0.2) is 0 Å². The second kappa shape index (κ2) is 22.8. The van der Waals surface area contributed by atoms with Crippen molar-refractivity contribution in [3.63, 3.8) is 0 Å². The molecule has 18 nitrogen and oxygen atoms in total. The highest BCUT2D eigenvalue weighted by Gasteiger charge is 2.57. The van der Waals surface area contributed by atoms with Crippen LogP contribution < -0.4 is 42.3 Å². The highest BCUT2D eigenvalue weighted by atomic mass is 31.2. The van der Waals surface area contributed by atoms with Gasteiger partial charge in [-0.15, -0.1) is 0 Å². The highest BCUT2D eigenvalue weighted by molar-refractivity contribution is 7.48. The van der Waals surface area contributed by atoms with Crippen molar-refractivity contribution < 1.29 is 46.2 Å². The molecule has 10 rings (SSSR count). The Morgan fingerprint density at radius 3 is 1.59 bits per heavy atom. The normalized spacial score (nSPS) is 23.6. The largest absolute Gasteiger partial charge is 0.497 e. The first-order valence-electron chi connectivity index (χ1n) is 26.3. The lowest BCUT2D eigenvalue weighted by atomic mass is 9.80. The molecule has 2 aromatic heterocycles. The molecule has 0 aliphatic carbocycles. The lowest BCUT2D eigenvalue weighted by Crippen LogP contribution is -2.68. The molecular weight excluding hydrogens is 1050 g/mol. The number of H-pyrrole nitrogens is 2. The van der Waals surface area contributed by atoms with E-state index in [4.69, 9.17) is 41.7 Å². The maximum Gasteiger partial charge on any atom is 0.475 e. The fraction of sp³-hybridized carbons (Fsp3) is 0.356. The summed E-state index contributed by atoms with van der Waals surface area (Å²) in [6.07, 6.45) is -3.68. The molecule has 79 heavy (non-hydrogen) atoms. The Kier molecular flexibility index (Phi) is 16.0. The number of phosphoric acid groups is 1. The molecule has 7 aromatic rings. The van der Waals surface area contributed by atoms with Crippen LogP contribution in [0.4, 0.5) is 0 Å². The van der Waals surface area contributed by atoms with E-state index in [1.807, 2.05) is 115 Å². The number of phosphoric ester groups is 1. The lowest BCUT2D eigenvalue weighted by Gasteiger charge is -2.46. The molecular formula is C59H65N4O14PSi. The Bertz CT molecular complexity index is 3450. The van der Waals surface area contributed by atoms with Crippen LogP contribution in [0.5, 0.6) is 11.5 Å². The van der Waals surface area contributed by atoms with E-state index in [1.54, 1.807) is 28.1 Å². The van der Waals surface area contributed by atoms with Crippen molar-refractivity contribution in [3.8, 4) is 11.5 Å². The number of ether oxygens (including phenoxy) is 5. The predicted molar refractivity (Wildman–Crippen MR) is 298 cm³/mol. The maximum absolute atomic E-state index is 15.5. The van der Waals surface area contributed by atoms with Gasteiger partial charge in [0.2, 0.25) is 0 Å². The average molecular weight is 1110 g/mol. The molecule has 0 spiro atoms. The first-order valence-corrected chi connectivity index (χ1v) is 29.7. The van der Waals surface area contributed by atoms with E-state index in [0.717, 1.165) is 27.1 Å². The van der Waals surface area contributed by atoms with Crippen LogP contribution in [0, 0.1) is 13.8 Å². The van der Waals surface area contributed by atoms with Gasteiger partial charge in [0, 0.05) is 42.8 Å². The van der Waals surface area contributed by atoms with Crippen molar-refractivity contribution in [2.75, 3.05) is 27.4 Å². The molecule has 3 saturated heterocycles. The molecule has 3 aliphatic heterocycles. The van der Waals surface area contributed by atoms with Crippen LogP contribution in [0.1, 0.15) is 80.3 Å². The fourth-order valence-electron chi connectivity index (χ4n) is 11.2. The number of benzene rings is 5. The van der Waals surface area contributed by atoms with E-state index in [2.05, 4.69) is 55.0 Å². The Hall–Kier alpha value is -6.77. The number of rotatable bonds is 17. The summed E-state index contributed by atoms with van der Waals surface area (Å²) in [5.74, 6) is 1.26. The summed E-state index contributed by atoms with van der Waals surface area (Å²) in [7, 11) is -4.74. The van der Waals surface area contributed by atoms with Crippen LogP contribution in [0.3, 0.4) is 0 Å². The molecule has 2 N–H and O–H groups in total. The van der Waals surface area contributed by atoms with Crippen LogP contribution in [0.25, 0.3) is 0 Å². The smallest absolute Gasteiger partial charge is 0.475 e. The zero-order chi connectivity index (χ0) is 55.7. The van der Waals surface area contributed by atoms with Gasteiger partial charge in [0.25, 0.3) is 19.4 Å². The maximum atomic E-state index is 15.5. The van der Waals surface area contributed by atoms with Gasteiger partial charge >= 0.3 is 19.2 Å². The van der Waals surface area contributed by atoms with Gasteiger partial charge in [-0.3, -0.25) is 42.3 Å². The molecule has 414 valence electrons. The van der Waals surface area contributed by atoms with Gasteiger partial charge in [-0.1, -0.05) is 136 Å². The standard InChI is InChI=1S/C59H65N4O14PSi/c1-38-35-62(56(66)60-54(38)64)51-33-48(50(73-51)37-71-59(40-17-11-8-12-18-40,41-23-27-43(69-6)28-24-41)42-25-29-44(70-7)30-26-42)76-78(68)72-32-31-47(75-78)53-49(34-52(74-53)63-36-39(2)55(65)61-57(63)67)77-79(58(3,4)5,45-19-13-9-14-20-45)46-21-15-10-16-22-46/h8-30,35-36,47-53H,31-34,37H2,1-7H3,(H,60,64,66)(H,61,65,67)/t47-,48+,49+,50-,51-,52-,53-,78+/m1/s1. The molecule has 8 atom stereocenters. The SMILES string of the molecule is COc1ccc(C(OC[C@H]2O[C@@H](n3cc(C)c(=O)[nH]c3=O)C[C@@H]2O[P@@]2(=O)OCC[C@H]([C@H]3O[C@@H](n4cc(C)c(=O)[nH]c4=O)C[C@@H]3O[Si](c3ccccc3)(c3ccccc3)C(C)(C)C)O2)(c2ccccc2)c2ccc(OC)cc2)cc1. The van der Waals surface area contributed by atoms with Crippen molar-refractivity contribution in [1.29, 1.82) is 0 Å². The van der Waals surface area contributed by atoms with Crippen molar-refractivity contribution in [2.45, 2.75) is 107 Å². The summed E-state index contributed by atoms with van der Waals surface area (Å²) < 4.78 is 77.1. The average Bonchev–Trinajstić information content (AvgIpc) is 4.29. The van der Waals surface area contributed by atoms with Crippen LogP contribution in [0.15, 0.2) is 171 Å². The van der Waals surface area contributed by atoms with Gasteiger partial charge in [0.05, 0.1) is 33.5 Å². The minimum absolute atomic E-state index is 0.0553. The van der Waals surface area contributed by atoms with Crippen molar-refractivity contribution in [3.05, 3.63) is 221 Å². The van der Waals surface area contributed by atoms with Gasteiger partial charge in [0.1, 0.15) is 54.0 Å². The van der Waals surface area contributed by atoms with E-state index >= 15 is 4.57 Å². The monoisotopic (exact) mass is 1110 g/mol. The second-order valence-electron chi connectivity index (χ2n) is 21.1. The number of hydrogen-bond donors (Lipinski definition) is 2. The Balaban J connectivity index is 1.02. The predicted octanol–water partition coefficient (Wildman–Crippen LogP) is 7.55. The van der Waals surface area contributed by atoms with E-state index in [0.29, 0.717) is 17.1 Å². The molecule has 20 heteroatoms. The molecule has 0 unspecified atom stereocenters. The first kappa shape index (κ1) is 55.5. The summed E-state index contributed by atoms with van der Waals surface area (Å²) in [6.45, 7) is 9.36. The van der Waals surface area contributed by atoms with Crippen LogP contribution in [-0.2, 0) is 42.4 Å². The zero-order valence-corrected chi connectivity index (χ0v) is 47.0. The van der Waals surface area contributed by atoms with E-state index in [-0.39, 0.29) is 38.0 Å². The first-order chi connectivity index (χ1) is 37.9. The van der Waals surface area contributed by atoms with E-state index in [1.165, 1.54) is 21.5 Å². The van der Waals surface area contributed by atoms with E-state index in [9.17, 15) is 19.2 Å². The third kappa shape index (κ3) is 11.0. The minimum atomic E-state index is -4.60.